The Labute approximate surface area is 159 Å². The molecule has 0 saturated heterocycles. The molecule has 5 nitrogen and oxygen atoms in total. The number of hydrogen-bond acceptors (Lipinski definition) is 3. The van der Waals surface area contributed by atoms with Crippen LogP contribution >= 0.6 is 0 Å². The molecule has 2 aliphatic carbocycles. The summed E-state index contributed by atoms with van der Waals surface area (Å²) in [6.45, 7) is 3.50. The molecule has 5 heteroatoms. The molecule has 0 radical (unpaired) electrons. The van der Waals surface area contributed by atoms with Crippen molar-refractivity contribution in [3.05, 3.63) is 53.2 Å². The maximum absolute atomic E-state index is 12.4. The Morgan fingerprint density at radius 2 is 1.52 bits per heavy atom. The number of nitrogens with zero attached hydrogens (tertiary/aromatic N) is 1. The minimum atomic E-state index is -0.0779. The monoisotopic (exact) mass is 363 g/mol. The van der Waals surface area contributed by atoms with Crippen LogP contribution in [0.4, 0.5) is 0 Å². The zero-order chi connectivity index (χ0) is 18.8. The lowest BCUT2D eigenvalue weighted by Crippen LogP contribution is -2.25. The van der Waals surface area contributed by atoms with E-state index in [9.17, 15) is 9.59 Å². The normalized spacial score (nSPS) is 16.0. The molecular weight excluding hydrogens is 338 g/mol. The Balaban J connectivity index is 1.46. The van der Waals surface area contributed by atoms with Crippen molar-refractivity contribution in [2.75, 3.05) is 13.1 Å². The smallest absolute Gasteiger partial charge is 0.252 e. The van der Waals surface area contributed by atoms with E-state index in [1.54, 1.807) is 12.3 Å². The molecule has 0 atom stereocenters. The zero-order valence-electron chi connectivity index (χ0n) is 15.6. The Morgan fingerprint density at radius 1 is 0.926 bits per heavy atom. The maximum atomic E-state index is 12.4. The molecule has 2 amide bonds. The molecule has 0 bridgehead atoms. The van der Waals surface area contributed by atoms with Gasteiger partial charge < -0.3 is 10.6 Å². The second-order valence-corrected chi connectivity index (χ2v) is 7.77. The van der Waals surface area contributed by atoms with Crippen LogP contribution in [-0.4, -0.2) is 29.9 Å². The SMILES string of the molecule is Cc1ccc(C(=O)NCC2CC2)cc1-c1ccc(C(=O)NCC2CC2)cn1. The summed E-state index contributed by atoms with van der Waals surface area (Å²) in [5, 5.41) is 5.95. The van der Waals surface area contributed by atoms with E-state index in [0.717, 1.165) is 29.9 Å². The van der Waals surface area contributed by atoms with Crippen LogP contribution in [0.25, 0.3) is 11.3 Å². The van der Waals surface area contributed by atoms with Crippen LogP contribution in [0.5, 0.6) is 0 Å². The van der Waals surface area contributed by atoms with Gasteiger partial charge in [0.25, 0.3) is 11.8 Å². The standard InChI is InChI=1S/C22H25N3O2/c1-14-2-7-17(21(26)24-11-15-3-4-15)10-19(14)20-9-8-18(13-23-20)22(27)25-12-16-5-6-16/h2,7-10,13,15-16H,3-6,11-12H2,1H3,(H,24,26)(H,25,27). The van der Waals surface area contributed by atoms with Gasteiger partial charge in [-0.3, -0.25) is 14.6 Å². The molecule has 2 saturated carbocycles. The largest absolute Gasteiger partial charge is 0.352 e. The van der Waals surface area contributed by atoms with Gasteiger partial charge in [0.05, 0.1) is 11.3 Å². The van der Waals surface area contributed by atoms with E-state index in [1.165, 1.54) is 25.7 Å². The van der Waals surface area contributed by atoms with Gasteiger partial charge >= 0.3 is 0 Å². The average molecular weight is 363 g/mol. The second-order valence-electron chi connectivity index (χ2n) is 7.77. The third-order valence-electron chi connectivity index (χ3n) is 5.30. The Morgan fingerprint density at radius 3 is 2.07 bits per heavy atom. The fourth-order valence-corrected chi connectivity index (χ4v) is 3.05. The average Bonchev–Trinajstić information content (AvgIpc) is 3.59. The number of aryl methyl sites for hydroxylation is 1. The first-order valence-corrected chi connectivity index (χ1v) is 9.73. The molecule has 2 aromatic rings. The quantitative estimate of drug-likeness (QED) is 0.793. The highest BCUT2D eigenvalue weighted by Gasteiger charge is 2.23. The van der Waals surface area contributed by atoms with E-state index >= 15 is 0 Å². The summed E-state index contributed by atoms with van der Waals surface area (Å²) < 4.78 is 0. The molecule has 140 valence electrons. The van der Waals surface area contributed by atoms with Crippen molar-refractivity contribution in [1.29, 1.82) is 0 Å². The van der Waals surface area contributed by atoms with Crippen LogP contribution in [0.2, 0.25) is 0 Å². The van der Waals surface area contributed by atoms with Crippen LogP contribution in [0.1, 0.15) is 52.0 Å². The first kappa shape index (κ1) is 17.7. The highest BCUT2D eigenvalue weighted by molar-refractivity contribution is 5.96. The number of hydrogen-bond donors (Lipinski definition) is 2. The zero-order valence-corrected chi connectivity index (χ0v) is 15.6. The van der Waals surface area contributed by atoms with E-state index in [2.05, 4.69) is 15.6 Å². The predicted molar refractivity (Wildman–Crippen MR) is 105 cm³/mol. The molecule has 0 spiro atoms. The minimum absolute atomic E-state index is 0.0424. The number of nitrogens with one attached hydrogen (secondary N) is 2. The topological polar surface area (TPSA) is 71.1 Å². The number of carbonyl (C=O) groups is 2. The second kappa shape index (κ2) is 7.51. The highest BCUT2D eigenvalue weighted by atomic mass is 16.2. The van der Waals surface area contributed by atoms with Gasteiger partial charge in [-0.15, -0.1) is 0 Å². The van der Waals surface area contributed by atoms with E-state index in [4.69, 9.17) is 0 Å². The molecule has 1 heterocycles. The van der Waals surface area contributed by atoms with Gasteiger partial charge in [-0.05, 0) is 74.3 Å². The predicted octanol–water partition coefficient (Wildman–Crippen LogP) is 3.34. The van der Waals surface area contributed by atoms with Crippen molar-refractivity contribution in [2.45, 2.75) is 32.6 Å². The molecule has 4 rings (SSSR count). The molecule has 2 aliphatic rings. The molecule has 1 aromatic heterocycles. The van der Waals surface area contributed by atoms with Crippen LogP contribution in [0, 0.1) is 18.8 Å². The van der Waals surface area contributed by atoms with E-state index in [1.807, 2.05) is 31.2 Å². The summed E-state index contributed by atoms with van der Waals surface area (Å²) in [6.07, 6.45) is 6.45. The first-order valence-electron chi connectivity index (χ1n) is 9.73. The van der Waals surface area contributed by atoms with Crippen molar-refractivity contribution >= 4 is 11.8 Å². The van der Waals surface area contributed by atoms with Gasteiger partial charge in [0.2, 0.25) is 0 Å². The molecular formula is C22H25N3O2. The minimum Gasteiger partial charge on any atom is -0.352 e. The third-order valence-corrected chi connectivity index (χ3v) is 5.30. The van der Waals surface area contributed by atoms with E-state index in [0.29, 0.717) is 23.0 Å². The molecule has 27 heavy (non-hydrogen) atoms. The van der Waals surface area contributed by atoms with Gasteiger partial charge in [-0.25, -0.2) is 0 Å². The van der Waals surface area contributed by atoms with Crippen LogP contribution in [-0.2, 0) is 0 Å². The molecule has 2 N–H and O–H groups in total. The Kier molecular flexibility index (Phi) is 4.92. The van der Waals surface area contributed by atoms with Gasteiger partial charge in [-0.2, -0.15) is 0 Å². The number of amides is 2. The van der Waals surface area contributed by atoms with Gasteiger partial charge in [0, 0.05) is 30.4 Å². The summed E-state index contributed by atoms with van der Waals surface area (Å²) >= 11 is 0. The third kappa shape index (κ3) is 4.54. The summed E-state index contributed by atoms with van der Waals surface area (Å²) in [7, 11) is 0. The number of pyridine rings is 1. The maximum Gasteiger partial charge on any atom is 0.252 e. The van der Waals surface area contributed by atoms with Crippen molar-refractivity contribution in [3.63, 3.8) is 0 Å². The van der Waals surface area contributed by atoms with Gasteiger partial charge in [0.1, 0.15) is 0 Å². The van der Waals surface area contributed by atoms with Crippen molar-refractivity contribution in [2.24, 2.45) is 11.8 Å². The fraction of sp³-hybridized carbons (Fsp3) is 0.409. The van der Waals surface area contributed by atoms with Gasteiger partial charge in [-0.1, -0.05) is 6.07 Å². The molecule has 2 fully saturated rings. The lowest BCUT2D eigenvalue weighted by Gasteiger charge is -2.10. The Hall–Kier alpha value is -2.69. The van der Waals surface area contributed by atoms with E-state index < -0.39 is 0 Å². The molecule has 0 aliphatic heterocycles. The Bertz CT molecular complexity index is 852. The van der Waals surface area contributed by atoms with E-state index in [-0.39, 0.29) is 11.8 Å². The van der Waals surface area contributed by atoms with Crippen molar-refractivity contribution in [1.82, 2.24) is 15.6 Å². The summed E-state index contributed by atoms with van der Waals surface area (Å²) in [4.78, 5) is 29.0. The summed E-state index contributed by atoms with van der Waals surface area (Å²) in [5.74, 6) is 1.18. The first-order chi connectivity index (χ1) is 13.1. The van der Waals surface area contributed by atoms with Crippen molar-refractivity contribution in [3.8, 4) is 11.3 Å². The van der Waals surface area contributed by atoms with Crippen LogP contribution < -0.4 is 10.6 Å². The number of aromatic nitrogens is 1. The summed E-state index contributed by atoms with van der Waals surface area (Å²) in [6, 6.07) is 9.32. The van der Waals surface area contributed by atoms with Crippen LogP contribution in [0.15, 0.2) is 36.5 Å². The lowest BCUT2D eigenvalue weighted by atomic mass is 10.0. The summed E-state index contributed by atoms with van der Waals surface area (Å²) in [5.41, 5.74) is 3.94. The molecule has 1 aromatic carbocycles. The fourth-order valence-electron chi connectivity index (χ4n) is 3.05. The number of carbonyl (C=O) groups excluding carboxylic acids is 2. The number of benzene rings is 1. The number of rotatable bonds is 7. The van der Waals surface area contributed by atoms with Crippen LogP contribution in [0.3, 0.4) is 0 Å². The highest BCUT2D eigenvalue weighted by Crippen LogP contribution is 2.28. The lowest BCUT2D eigenvalue weighted by molar-refractivity contribution is 0.0943. The molecule has 0 unspecified atom stereocenters. The van der Waals surface area contributed by atoms with Crippen molar-refractivity contribution < 1.29 is 9.59 Å². The van der Waals surface area contributed by atoms with Gasteiger partial charge in [0.15, 0.2) is 0 Å².